The van der Waals surface area contributed by atoms with E-state index >= 15 is 0 Å². The van der Waals surface area contributed by atoms with E-state index in [0.717, 1.165) is 6.07 Å². The van der Waals surface area contributed by atoms with Crippen LogP contribution in [0.3, 0.4) is 0 Å². The van der Waals surface area contributed by atoms with Gasteiger partial charge in [-0.25, -0.2) is 4.79 Å². The molecule has 1 atom stereocenters. The average Bonchev–Trinajstić information content (AvgIpc) is 2.83. The molecule has 0 aliphatic carbocycles. The largest absolute Gasteiger partial charge is 0.475 e. The highest BCUT2D eigenvalue weighted by atomic mass is 16.5. The van der Waals surface area contributed by atoms with Crippen LogP contribution in [0.25, 0.3) is 0 Å². The van der Waals surface area contributed by atoms with E-state index in [1.165, 1.54) is 0 Å². The van der Waals surface area contributed by atoms with E-state index in [4.69, 9.17) is 5.11 Å². The fourth-order valence-corrected chi connectivity index (χ4v) is 1.87. The normalized spacial score (nSPS) is 19.3. The monoisotopic (exact) mass is 267 g/mol. The van der Waals surface area contributed by atoms with Crippen molar-refractivity contribution in [3.63, 3.8) is 0 Å². The van der Waals surface area contributed by atoms with E-state index in [0.29, 0.717) is 19.4 Å². The van der Waals surface area contributed by atoms with E-state index in [9.17, 15) is 14.4 Å². The number of carbonyl (C=O) groups is 3. The van der Waals surface area contributed by atoms with E-state index in [2.05, 4.69) is 15.0 Å². The van der Waals surface area contributed by atoms with Crippen molar-refractivity contribution in [2.75, 3.05) is 13.6 Å². The summed E-state index contributed by atoms with van der Waals surface area (Å²) in [7, 11) is 1.67. The Kier molecular flexibility index (Phi) is 3.50. The lowest BCUT2D eigenvalue weighted by atomic mass is 10.1. The average molecular weight is 267 g/mol. The lowest BCUT2D eigenvalue weighted by Crippen LogP contribution is -2.48. The Morgan fingerprint density at radius 3 is 2.89 bits per heavy atom. The van der Waals surface area contributed by atoms with Gasteiger partial charge in [0.15, 0.2) is 5.69 Å². The maximum Gasteiger partial charge on any atom is 0.374 e. The third kappa shape index (κ3) is 2.90. The van der Waals surface area contributed by atoms with Crippen molar-refractivity contribution < 1.29 is 24.0 Å². The molecule has 19 heavy (non-hydrogen) atoms. The molecule has 8 heteroatoms. The smallest absolute Gasteiger partial charge is 0.374 e. The van der Waals surface area contributed by atoms with Crippen LogP contribution in [0.2, 0.25) is 0 Å². The summed E-state index contributed by atoms with van der Waals surface area (Å²) in [5.74, 6) is -2.14. The van der Waals surface area contributed by atoms with Gasteiger partial charge in [0, 0.05) is 32.1 Å². The van der Waals surface area contributed by atoms with Crippen molar-refractivity contribution in [1.82, 2.24) is 15.4 Å². The molecule has 1 aliphatic rings. The molecule has 102 valence electrons. The minimum Gasteiger partial charge on any atom is -0.475 e. The van der Waals surface area contributed by atoms with Crippen LogP contribution in [0.5, 0.6) is 0 Å². The zero-order valence-corrected chi connectivity index (χ0v) is 10.3. The highest BCUT2D eigenvalue weighted by molar-refractivity contribution is 5.95. The van der Waals surface area contributed by atoms with Crippen LogP contribution in [-0.2, 0) is 4.79 Å². The Balaban J connectivity index is 1.97. The highest BCUT2D eigenvalue weighted by Crippen LogP contribution is 2.11. The van der Waals surface area contributed by atoms with Crippen molar-refractivity contribution in [2.24, 2.45) is 0 Å². The van der Waals surface area contributed by atoms with Gasteiger partial charge in [0.1, 0.15) is 0 Å². The number of nitrogens with one attached hydrogen (secondary N) is 1. The molecule has 0 spiro atoms. The van der Waals surface area contributed by atoms with Gasteiger partial charge in [0.05, 0.1) is 0 Å². The number of amides is 2. The van der Waals surface area contributed by atoms with E-state index in [-0.39, 0.29) is 23.4 Å². The summed E-state index contributed by atoms with van der Waals surface area (Å²) in [5, 5.41) is 14.7. The molecule has 0 aromatic carbocycles. The first-order valence-electron chi connectivity index (χ1n) is 5.72. The third-order valence-electron chi connectivity index (χ3n) is 2.92. The van der Waals surface area contributed by atoms with Crippen LogP contribution in [0, 0.1) is 0 Å². The van der Waals surface area contributed by atoms with Gasteiger partial charge in [0.25, 0.3) is 5.91 Å². The van der Waals surface area contributed by atoms with E-state index < -0.39 is 11.9 Å². The molecule has 0 saturated carbocycles. The highest BCUT2D eigenvalue weighted by Gasteiger charge is 2.25. The minimum absolute atomic E-state index is 0.0418. The Morgan fingerprint density at radius 1 is 1.58 bits per heavy atom. The summed E-state index contributed by atoms with van der Waals surface area (Å²) in [6.45, 7) is 0.425. The molecule has 1 saturated heterocycles. The molecule has 1 aromatic rings. The molecule has 2 heterocycles. The standard InChI is InChI=1S/C11H13N3O5/c1-14-5-6(2-3-9(14)15)12-10(16)7-4-8(11(17)18)19-13-7/h4,6H,2-3,5H2,1H3,(H,12,16)(H,17,18). The molecule has 0 bridgehead atoms. The molecule has 8 nitrogen and oxygen atoms in total. The number of hydrogen-bond acceptors (Lipinski definition) is 5. The predicted molar refractivity (Wildman–Crippen MR) is 61.6 cm³/mol. The molecule has 1 aliphatic heterocycles. The molecule has 1 fully saturated rings. The van der Waals surface area contributed by atoms with Crippen LogP contribution in [0.4, 0.5) is 0 Å². The summed E-state index contributed by atoms with van der Waals surface area (Å²) >= 11 is 0. The second kappa shape index (κ2) is 5.09. The van der Waals surface area contributed by atoms with Gasteiger partial charge in [-0.3, -0.25) is 9.59 Å². The van der Waals surface area contributed by atoms with E-state index in [1.807, 2.05) is 0 Å². The molecular formula is C11H13N3O5. The maximum atomic E-state index is 11.8. The number of likely N-dealkylation sites (N-methyl/N-ethyl adjacent to an activating group) is 1. The number of rotatable bonds is 3. The number of aromatic nitrogens is 1. The Hall–Kier alpha value is -2.38. The van der Waals surface area contributed by atoms with Crippen LogP contribution >= 0.6 is 0 Å². The number of likely N-dealkylation sites (tertiary alicyclic amines) is 1. The molecule has 1 unspecified atom stereocenters. The number of nitrogens with zero attached hydrogens (tertiary/aromatic N) is 2. The minimum atomic E-state index is -1.28. The van der Waals surface area contributed by atoms with Crippen molar-refractivity contribution >= 4 is 17.8 Å². The Bertz CT molecular complexity index is 524. The van der Waals surface area contributed by atoms with Gasteiger partial charge in [-0.05, 0) is 6.42 Å². The predicted octanol–water partition coefficient (Wildman–Crippen LogP) is -0.277. The number of aromatic carboxylic acids is 1. The number of hydrogen-bond donors (Lipinski definition) is 2. The van der Waals surface area contributed by atoms with Crippen molar-refractivity contribution in [1.29, 1.82) is 0 Å². The van der Waals surface area contributed by atoms with Crippen LogP contribution in [0.1, 0.15) is 33.9 Å². The van der Waals surface area contributed by atoms with Gasteiger partial charge in [-0.1, -0.05) is 5.16 Å². The SMILES string of the molecule is CN1CC(NC(=O)c2cc(C(=O)O)on2)CCC1=O. The van der Waals surface area contributed by atoms with E-state index in [1.54, 1.807) is 11.9 Å². The van der Waals surface area contributed by atoms with Crippen molar-refractivity contribution in [3.8, 4) is 0 Å². The number of piperidine rings is 1. The quantitative estimate of drug-likeness (QED) is 0.779. The van der Waals surface area contributed by atoms with Gasteiger partial charge in [-0.2, -0.15) is 0 Å². The van der Waals surface area contributed by atoms with Crippen molar-refractivity contribution in [2.45, 2.75) is 18.9 Å². The van der Waals surface area contributed by atoms with Crippen LogP contribution < -0.4 is 5.32 Å². The first-order valence-corrected chi connectivity index (χ1v) is 5.72. The number of carbonyl (C=O) groups excluding carboxylic acids is 2. The maximum absolute atomic E-state index is 11.8. The molecule has 2 rings (SSSR count). The fourth-order valence-electron chi connectivity index (χ4n) is 1.87. The van der Waals surface area contributed by atoms with Gasteiger partial charge in [0.2, 0.25) is 11.7 Å². The summed E-state index contributed by atoms with van der Waals surface area (Å²) in [6.07, 6.45) is 0.930. The van der Waals surface area contributed by atoms with Crippen LogP contribution in [-0.4, -0.2) is 52.6 Å². The third-order valence-corrected chi connectivity index (χ3v) is 2.92. The second-order valence-corrected chi connectivity index (χ2v) is 4.36. The molecular weight excluding hydrogens is 254 g/mol. The van der Waals surface area contributed by atoms with Gasteiger partial charge in [-0.15, -0.1) is 0 Å². The first kappa shape index (κ1) is 13.1. The topological polar surface area (TPSA) is 113 Å². The lowest BCUT2D eigenvalue weighted by Gasteiger charge is -2.29. The van der Waals surface area contributed by atoms with Gasteiger partial charge < -0.3 is 19.8 Å². The summed E-state index contributed by atoms with van der Waals surface area (Å²) in [5.41, 5.74) is -0.0862. The number of carboxylic acid groups (broad SMARTS) is 1. The second-order valence-electron chi connectivity index (χ2n) is 4.36. The number of carboxylic acids is 1. The summed E-state index contributed by atoms with van der Waals surface area (Å²) < 4.78 is 4.50. The fraction of sp³-hybridized carbons (Fsp3) is 0.455. The Morgan fingerprint density at radius 2 is 2.32 bits per heavy atom. The first-order chi connectivity index (χ1) is 8.97. The molecule has 0 radical (unpaired) electrons. The zero-order valence-electron chi connectivity index (χ0n) is 10.3. The molecule has 2 amide bonds. The summed E-state index contributed by atoms with van der Waals surface area (Å²) in [6, 6.07) is 0.898. The van der Waals surface area contributed by atoms with Crippen LogP contribution in [0.15, 0.2) is 10.6 Å². The molecule has 1 aromatic heterocycles. The zero-order chi connectivity index (χ0) is 14.0. The molecule has 2 N–H and O–H groups in total. The lowest BCUT2D eigenvalue weighted by molar-refractivity contribution is -0.132. The summed E-state index contributed by atoms with van der Waals surface area (Å²) in [4.78, 5) is 35.2. The van der Waals surface area contributed by atoms with Crippen molar-refractivity contribution in [3.05, 3.63) is 17.5 Å². The van der Waals surface area contributed by atoms with Gasteiger partial charge >= 0.3 is 5.97 Å². The Labute approximate surface area is 108 Å².